The second-order valence-electron chi connectivity index (χ2n) is 14.2. The van der Waals surface area contributed by atoms with Crippen LogP contribution in [0.4, 0.5) is 17.3 Å². The number of carbonyl (C=O) groups excluding carboxylic acids is 1. The van der Waals surface area contributed by atoms with Crippen LogP contribution in [-0.4, -0.2) is 74.8 Å². The number of carbonyl (C=O) groups is 1. The Morgan fingerprint density at radius 1 is 1.20 bits per heavy atom. The summed E-state index contributed by atoms with van der Waals surface area (Å²) in [5.74, 6) is 1.34. The molecule has 1 saturated heterocycles. The number of nitriles is 1. The topological polar surface area (TPSA) is 135 Å². The molecule has 235 valence electrons. The van der Waals surface area contributed by atoms with Crippen molar-refractivity contribution in [2.75, 3.05) is 43.1 Å². The molecule has 4 heterocycles. The zero-order valence-corrected chi connectivity index (χ0v) is 28.4. The number of benzene rings is 1. The van der Waals surface area contributed by atoms with E-state index in [4.69, 9.17) is 18.9 Å². The van der Waals surface area contributed by atoms with Crippen molar-refractivity contribution < 1.29 is 18.7 Å². The van der Waals surface area contributed by atoms with Crippen LogP contribution >= 0.6 is 0 Å². The van der Waals surface area contributed by atoms with Crippen molar-refractivity contribution in [3.63, 3.8) is 0 Å². The lowest BCUT2D eigenvalue weighted by Crippen LogP contribution is -2.46. The number of fused-ring (bicyclic) bond motifs is 1. The number of aromatic nitrogens is 4. The van der Waals surface area contributed by atoms with Crippen molar-refractivity contribution in [2.45, 2.75) is 65.1 Å². The van der Waals surface area contributed by atoms with Crippen LogP contribution in [0.25, 0.3) is 11.3 Å². The average Bonchev–Trinajstić information content (AvgIpc) is 3.26. The Balaban J connectivity index is 1.47. The molecule has 2 aliphatic heterocycles. The normalized spacial score (nSPS) is 18.9. The van der Waals surface area contributed by atoms with Crippen molar-refractivity contribution in [3.05, 3.63) is 47.5 Å². The van der Waals surface area contributed by atoms with E-state index in [1.54, 1.807) is 12.4 Å². The van der Waals surface area contributed by atoms with Gasteiger partial charge in [-0.15, -0.1) is 0 Å². The van der Waals surface area contributed by atoms with E-state index in [9.17, 15) is 10.1 Å². The minimum Gasteiger partial charge on any atom is -0.475 e. The Morgan fingerprint density at radius 2 is 1.96 bits per heavy atom. The molecule has 0 unspecified atom stereocenters. The smallest absolute Gasteiger partial charge is 0.329 e. The highest BCUT2D eigenvalue weighted by Gasteiger charge is 2.44. The summed E-state index contributed by atoms with van der Waals surface area (Å²) in [4.78, 5) is 31.5. The number of hydrogen-bond acceptors (Lipinski definition) is 11. The Hall–Kier alpha value is -3.86. The van der Waals surface area contributed by atoms with E-state index in [2.05, 4.69) is 80.1 Å². The molecule has 0 bridgehead atoms. The molecule has 0 saturated carbocycles. The molecule has 45 heavy (non-hydrogen) atoms. The van der Waals surface area contributed by atoms with Crippen LogP contribution in [0.1, 0.15) is 51.6 Å². The zero-order valence-electron chi connectivity index (χ0n) is 27.4. The zero-order chi connectivity index (χ0) is 32.6. The predicted octanol–water partition coefficient (Wildman–Crippen LogP) is 5.18. The summed E-state index contributed by atoms with van der Waals surface area (Å²) in [6.07, 6.45) is 4.08. The first-order chi connectivity index (χ1) is 21.2. The number of ether oxygens (including phenoxy) is 2. The molecule has 1 aromatic carbocycles. The van der Waals surface area contributed by atoms with Gasteiger partial charge in [0.2, 0.25) is 11.8 Å². The van der Waals surface area contributed by atoms with Gasteiger partial charge in [0.05, 0.1) is 37.3 Å². The fourth-order valence-electron chi connectivity index (χ4n) is 5.18. The third-order valence-electron chi connectivity index (χ3n) is 9.02. The minimum absolute atomic E-state index is 0.0421. The Labute approximate surface area is 267 Å². The minimum atomic E-state index is -2.07. The highest BCUT2D eigenvalue weighted by atomic mass is 28.4. The van der Waals surface area contributed by atoms with Crippen LogP contribution in [0.3, 0.4) is 0 Å². The maximum atomic E-state index is 11.6. The number of aryl methyl sites for hydroxylation is 1. The van der Waals surface area contributed by atoms with E-state index in [-0.39, 0.29) is 10.5 Å². The molecule has 1 radical (unpaired) electrons. The first-order valence-electron chi connectivity index (χ1n) is 15.1. The van der Waals surface area contributed by atoms with Gasteiger partial charge in [0.15, 0.2) is 8.32 Å². The lowest BCUT2D eigenvalue weighted by molar-refractivity contribution is -0.120. The summed E-state index contributed by atoms with van der Waals surface area (Å²) in [5.41, 5.74) is 3.55. The van der Waals surface area contributed by atoms with Crippen molar-refractivity contribution in [3.8, 4) is 23.2 Å². The van der Waals surface area contributed by atoms with Gasteiger partial charge in [-0.2, -0.15) is 10.2 Å². The summed E-state index contributed by atoms with van der Waals surface area (Å²) >= 11 is 0. The second kappa shape index (κ2) is 12.2. The van der Waals surface area contributed by atoms with Gasteiger partial charge in [0.25, 0.3) is 0 Å². The maximum Gasteiger partial charge on any atom is 0.329 e. The molecule has 1 atom stereocenters. The molecule has 2 aromatic heterocycles. The van der Waals surface area contributed by atoms with Gasteiger partial charge in [-0.05, 0) is 48.8 Å². The lowest BCUT2D eigenvalue weighted by Gasteiger charge is -2.39. The molecule has 2 aliphatic rings. The van der Waals surface area contributed by atoms with Gasteiger partial charge in [-0.1, -0.05) is 34.6 Å². The van der Waals surface area contributed by atoms with Crippen LogP contribution in [0.5, 0.6) is 5.88 Å². The van der Waals surface area contributed by atoms with E-state index in [0.29, 0.717) is 67.6 Å². The summed E-state index contributed by atoms with van der Waals surface area (Å²) in [6, 6.07) is 8.02. The van der Waals surface area contributed by atoms with Gasteiger partial charge in [-0.25, -0.2) is 15.0 Å². The van der Waals surface area contributed by atoms with Crippen LogP contribution in [0, 0.1) is 23.7 Å². The third-order valence-corrected chi connectivity index (χ3v) is 13.5. The van der Waals surface area contributed by atoms with E-state index in [0.717, 1.165) is 23.0 Å². The Kier molecular flexibility index (Phi) is 8.78. The Morgan fingerprint density at radius 3 is 2.60 bits per heavy atom. The summed E-state index contributed by atoms with van der Waals surface area (Å²) in [7, 11) is -0.577. The molecule has 0 spiro atoms. The van der Waals surface area contributed by atoms with Gasteiger partial charge in [0.1, 0.15) is 23.8 Å². The largest absolute Gasteiger partial charge is 0.475 e. The Bertz CT molecular complexity index is 1640. The number of hydrogen-bond donors (Lipinski definition) is 1. The third kappa shape index (κ3) is 6.73. The van der Waals surface area contributed by atoms with Crippen LogP contribution < -0.4 is 14.9 Å². The van der Waals surface area contributed by atoms with Gasteiger partial charge >= 0.3 is 7.41 Å². The summed E-state index contributed by atoms with van der Waals surface area (Å²) in [5, 5.41) is 13.5. The van der Waals surface area contributed by atoms with Crippen molar-refractivity contribution in [1.82, 2.24) is 19.9 Å². The monoisotopic (exact) mass is 626 g/mol. The van der Waals surface area contributed by atoms with Crippen molar-refractivity contribution in [1.29, 1.82) is 5.26 Å². The second-order valence-corrected chi connectivity index (χ2v) is 19.0. The fourth-order valence-corrected chi connectivity index (χ4v) is 6.29. The van der Waals surface area contributed by atoms with Gasteiger partial charge in [0, 0.05) is 41.4 Å². The van der Waals surface area contributed by atoms with Crippen LogP contribution in [-0.2, 0) is 19.4 Å². The first-order valence-corrected chi connectivity index (χ1v) is 18.0. The maximum absolute atomic E-state index is 11.6. The molecule has 0 aliphatic carbocycles. The molecule has 5 rings (SSSR count). The molecule has 1 fully saturated rings. The fraction of sp³-hybridized carbons (Fsp3) is 0.500. The molecule has 11 nitrogen and oxygen atoms in total. The van der Waals surface area contributed by atoms with E-state index < -0.39 is 13.7 Å². The molecule has 1 N–H and O–H groups in total. The summed E-state index contributed by atoms with van der Waals surface area (Å²) < 4.78 is 18.1. The SMILES string of the molecule is Cc1ncc(Nc2nccc(-c3cc(C#N)c4c(c3)[C@@](C)(CO[Si](C)(C)C(C)(C)C)CN4[B]C=O)n2)c(OCC2(C)COC2)n1. The standard InChI is InChI=1S/C32H41BN7O4Si/c1-21-36-14-26(28(37-21)43-18-31(5)16-42-17-31)39-29-35-10-9-25(38-29)22-11-23(13-34)27-24(12-22)32(6,15-40(27)33-20-41)19-44-45(7,8)30(2,3)4/h9-12,14,20H,15-19H2,1-8H3,(H,35,38,39)/t32-/m1/s1. The van der Waals surface area contributed by atoms with Crippen LogP contribution in [0.2, 0.25) is 18.1 Å². The highest BCUT2D eigenvalue weighted by Crippen LogP contribution is 2.46. The quantitative estimate of drug-likeness (QED) is 0.223. The van der Waals surface area contributed by atoms with E-state index in [1.165, 1.54) is 7.41 Å². The first kappa shape index (κ1) is 32.5. The van der Waals surface area contributed by atoms with E-state index in [1.807, 2.05) is 23.9 Å². The van der Waals surface area contributed by atoms with Crippen LogP contribution in [0.15, 0.2) is 30.6 Å². The average molecular weight is 627 g/mol. The number of anilines is 3. The van der Waals surface area contributed by atoms with E-state index >= 15 is 0 Å². The number of nitrogens with one attached hydrogen (secondary N) is 1. The number of nitrogens with zero attached hydrogens (tertiary/aromatic N) is 6. The summed E-state index contributed by atoms with van der Waals surface area (Å²) in [6.45, 7) is 19.9. The molecular formula is C32H41BN7O4Si. The number of rotatable bonds is 11. The molecule has 13 heteroatoms. The van der Waals surface area contributed by atoms with Gasteiger partial charge in [-0.3, -0.25) is 0 Å². The molecule has 0 amide bonds. The van der Waals surface area contributed by atoms with Crippen molar-refractivity contribution in [2.24, 2.45) is 5.41 Å². The van der Waals surface area contributed by atoms with Gasteiger partial charge < -0.3 is 28.8 Å². The molecular weight excluding hydrogens is 585 g/mol. The van der Waals surface area contributed by atoms with Crippen molar-refractivity contribution >= 4 is 39.2 Å². The predicted molar refractivity (Wildman–Crippen MR) is 177 cm³/mol. The molecule has 3 aromatic rings. The highest BCUT2D eigenvalue weighted by molar-refractivity contribution is 6.74. The lowest BCUT2D eigenvalue weighted by atomic mass is 9.83.